The maximum atomic E-state index is 10.9. The SMILES string of the molecule is CCOC(=O)/C=C/CN(CC#N)CC#N. The highest BCUT2D eigenvalue weighted by Gasteiger charge is 2.00. The van der Waals surface area contributed by atoms with E-state index < -0.39 is 5.97 Å². The van der Waals surface area contributed by atoms with E-state index in [1.54, 1.807) is 17.9 Å². The van der Waals surface area contributed by atoms with E-state index in [9.17, 15) is 4.79 Å². The van der Waals surface area contributed by atoms with Crippen LogP contribution in [0.1, 0.15) is 6.92 Å². The molecule has 0 spiro atoms. The first-order valence-corrected chi connectivity index (χ1v) is 4.54. The van der Waals surface area contributed by atoms with Crippen molar-refractivity contribution in [2.75, 3.05) is 26.2 Å². The van der Waals surface area contributed by atoms with E-state index in [0.717, 1.165) is 0 Å². The molecule has 0 aliphatic carbocycles. The molecule has 0 radical (unpaired) electrons. The maximum absolute atomic E-state index is 10.9. The van der Waals surface area contributed by atoms with Crippen LogP contribution in [0.15, 0.2) is 12.2 Å². The summed E-state index contributed by atoms with van der Waals surface area (Å²) in [5.41, 5.74) is 0. The number of hydrogen-bond acceptors (Lipinski definition) is 5. The van der Waals surface area contributed by atoms with Gasteiger partial charge in [-0.3, -0.25) is 4.90 Å². The third-order valence-corrected chi connectivity index (χ3v) is 1.49. The Morgan fingerprint density at radius 1 is 1.40 bits per heavy atom. The van der Waals surface area contributed by atoms with Crippen LogP contribution < -0.4 is 0 Å². The summed E-state index contributed by atoms with van der Waals surface area (Å²) >= 11 is 0. The molecule has 0 N–H and O–H groups in total. The fourth-order valence-corrected chi connectivity index (χ4v) is 0.873. The minimum Gasteiger partial charge on any atom is -0.463 e. The van der Waals surface area contributed by atoms with Gasteiger partial charge < -0.3 is 4.74 Å². The largest absolute Gasteiger partial charge is 0.463 e. The van der Waals surface area contributed by atoms with E-state index >= 15 is 0 Å². The molecular formula is C10H13N3O2. The van der Waals surface area contributed by atoms with Crippen LogP contribution in [-0.4, -0.2) is 37.1 Å². The number of carbonyl (C=O) groups excluding carboxylic acids is 1. The lowest BCUT2D eigenvalue weighted by molar-refractivity contribution is -0.137. The minimum atomic E-state index is -0.411. The zero-order valence-electron chi connectivity index (χ0n) is 8.64. The van der Waals surface area contributed by atoms with Crippen molar-refractivity contribution >= 4 is 5.97 Å². The molecule has 15 heavy (non-hydrogen) atoms. The predicted molar refractivity (Wildman–Crippen MR) is 53.4 cm³/mol. The Kier molecular flexibility index (Phi) is 7.66. The molecule has 0 rings (SSSR count). The molecule has 0 bridgehead atoms. The second-order valence-corrected chi connectivity index (χ2v) is 2.64. The molecule has 0 saturated carbocycles. The van der Waals surface area contributed by atoms with E-state index in [2.05, 4.69) is 4.74 Å². The first-order valence-electron chi connectivity index (χ1n) is 4.54. The third kappa shape index (κ3) is 7.24. The Hall–Kier alpha value is -1.85. The highest BCUT2D eigenvalue weighted by atomic mass is 16.5. The molecule has 0 fully saturated rings. The van der Waals surface area contributed by atoms with Crippen LogP contribution >= 0.6 is 0 Å². The molecule has 0 aliphatic rings. The van der Waals surface area contributed by atoms with Crippen LogP contribution in [0.5, 0.6) is 0 Å². The summed E-state index contributed by atoms with van der Waals surface area (Å²) in [6, 6.07) is 3.88. The van der Waals surface area contributed by atoms with Gasteiger partial charge >= 0.3 is 5.97 Å². The van der Waals surface area contributed by atoms with Gasteiger partial charge in [0.25, 0.3) is 0 Å². The third-order valence-electron chi connectivity index (χ3n) is 1.49. The average Bonchev–Trinajstić information content (AvgIpc) is 2.19. The molecule has 5 heteroatoms. The minimum absolute atomic E-state index is 0.167. The summed E-state index contributed by atoms with van der Waals surface area (Å²) in [6.07, 6.45) is 2.87. The molecule has 5 nitrogen and oxygen atoms in total. The Bertz CT molecular complexity index is 283. The van der Waals surface area contributed by atoms with Crippen molar-refractivity contribution in [2.45, 2.75) is 6.92 Å². The van der Waals surface area contributed by atoms with E-state index in [-0.39, 0.29) is 13.1 Å². The Morgan fingerprint density at radius 3 is 2.47 bits per heavy atom. The summed E-state index contributed by atoms with van der Waals surface area (Å²) in [5.74, 6) is -0.411. The monoisotopic (exact) mass is 207 g/mol. The van der Waals surface area contributed by atoms with Crippen LogP contribution in [0.25, 0.3) is 0 Å². The van der Waals surface area contributed by atoms with Crippen molar-refractivity contribution in [3.8, 4) is 12.1 Å². The quantitative estimate of drug-likeness (QED) is 0.359. The number of hydrogen-bond donors (Lipinski definition) is 0. The molecule has 80 valence electrons. The molecule has 0 aliphatic heterocycles. The summed E-state index contributed by atoms with van der Waals surface area (Å²) in [5, 5.41) is 16.9. The van der Waals surface area contributed by atoms with Gasteiger partial charge in [-0.25, -0.2) is 4.79 Å². The fraction of sp³-hybridized carbons (Fsp3) is 0.500. The average molecular weight is 207 g/mol. The van der Waals surface area contributed by atoms with Gasteiger partial charge in [0.05, 0.1) is 31.8 Å². The molecule has 0 aromatic heterocycles. The molecule has 0 saturated heterocycles. The standard InChI is InChI=1S/C10H13N3O2/c1-2-15-10(14)4-3-7-13(8-5-11)9-6-12/h3-4H,2,7-9H2,1H3/b4-3+. The second-order valence-electron chi connectivity index (χ2n) is 2.64. The normalized spacial score (nSPS) is 9.87. The van der Waals surface area contributed by atoms with E-state index in [4.69, 9.17) is 10.5 Å². The zero-order chi connectivity index (χ0) is 11.5. The van der Waals surface area contributed by atoms with Crippen LogP contribution in [0.2, 0.25) is 0 Å². The van der Waals surface area contributed by atoms with Crippen molar-refractivity contribution < 1.29 is 9.53 Å². The van der Waals surface area contributed by atoms with Crippen molar-refractivity contribution in [3.63, 3.8) is 0 Å². The van der Waals surface area contributed by atoms with E-state index in [1.165, 1.54) is 6.08 Å². The van der Waals surface area contributed by atoms with Crippen LogP contribution in [-0.2, 0) is 9.53 Å². The Balaban J connectivity index is 3.94. The molecule has 0 aromatic carbocycles. The Labute approximate surface area is 89.2 Å². The van der Waals surface area contributed by atoms with Crippen molar-refractivity contribution in [3.05, 3.63) is 12.2 Å². The number of rotatable bonds is 6. The smallest absolute Gasteiger partial charge is 0.330 e. The number of esters is 1. The van der Waals surface area contributed by atoms with Gasteiger partial charge in [0.1, 0.15) is 0 Å². The predicted octanol–water partition coefficient (Wildman–Crippen LogP) is 0.455. The summed E-state index contributed by atoms with van der Waals surface area (Å²) in [6.45, 7) is 2.79. The van der Waals surface area contributed by atoms with Gasteiger partial charge in [0, 0.05) is 12.6 Å². The van der Waals surface area contributed by atoms with Crippen molar-refractivity contribution in [2.24, 2.45) is 0 Å². The van der Waals surface area contributed by atoms with E-state index in [0.29, 0.717) is 13.2 Å². The Morgan fingerprint density at radius 2 is 2.00 bits per heavy atom. The van der Waals surface area contributed by atoms with Gasteiger partial charge in [0.15, 0.2) is 0 Å². The van der Waals surface area contributed by atoms with Crippen molar-refractivity contribution in [1.82, 2.24) is 4.90 Å². The highest BCUT2D eigenvalue weighted by molar-refractivity contribution is 5.81. The number of ether oxygens (including phenoxy) is 1. The van der Waals surface area contributed by atoms with Gasteiger partial charge in [-0.1, -0.05) is 6.08 Å². The van der Waals surface area contributed by atoms with Gasteiger partial charge in [0.2, 0.25) is 0 Å². The first-order chi connectivity index (χ1) is 7.24. The second kappa shape index (κ2) is 8.74. The number of nitrogens with zero attached hydrogens (tertiary/aromatic N) is 3. The highest BCUT2D eigenvalue weighted by Crippen LogP contribution is 1.88. The van der Waals surface area contributed by atoms with Crippen LogP contribution in [0.4, 0.5) is 0 Å². The molecular weight excluding hydrogens is 194 g/mol. The van der Waals surface area contributed by atoms with Gasteiger partial charge in [-0.05, 0) is 6.92 Å². The maximum Gasteiger partial charge on any atom is 0.330 e. The molecule has 0 heterocycles. The first kappa shape index (κ1) is 13.2. The summed E-state index contributed by atoms with van der Waals surface area (Å²) in [4.78, 5) is 12.5. The van der Waals surface area contributed by atoms with Crippen LogP contribution in [0, 0.1) is 22.7 Å². The molecule has 0 amide bonds. The van der Waals surface area contributed by atoms with Gasteiger partial charge in [-0.2, -0.15) is 10.5 Å². The lowest BCUT2D eigenvalue weighted by atomic mass is 10.4. The molecule has 0 atom stereocenters. The topological polar surface area (TPSA) is 77.1 Å². The lowest BCUT2D eigenvalue weighted by Gasteiger charge is -2.11. The lowest BCUT2D eigenvalue weighted by Crippen LogP contribution is -2.24. The van der Waals surface area contributed by atoms with Gasteiger partial charge in [-0.15, -0.1) is 0 Å². The van der Waals surface area contributed by atoms with Crippen molar-refractivity contribution in [1.29, 1.82) is 10.5 Å². The molecule has 0 unspecified atom stereocenters. The molecule has 0 aromatic rings. The number of nitriles is 2. The zero-order valence-corrected chi connectivity index (χ0v) is 8.64. The van der Waals surface area contributed by atoms with Crippen LogP contribution in [0.3, 0.4) is 0 Å². The fourth-order valence-electron chi connectivity index (χ4n) is 0.873. The summed E-state index contributed by atoms with van der Waals surface area (Å²) < 4.78 is 4.67. The number of carbonyl (C=O) groups is 1. The van der Waals surface area contributed by atoms with E-state index in [1.807, 2.05) is 12.1 Å². The summed E-state index contributed by atoms with van der Waals surface area (Å²) in [7, 11) is 0.